The van der Waals surface area contributed by atoms with Crippen molar-refractivity contribution < 1.29 is 13.2 Å². The second-order valence-electron chi connectivity index (χ2n) is 4.62. The predicted molar refractivity (Wildman–Crippen MR) is 103 cm³/mol. The van der Waals surface area contributed by atoms with E-state index in [-0.39, 0.29) is 28.9 Å². The molecule has 0 aliphatic heterocycles. The number of nitrogens with zero attached hydrogens (tertiary/aromatic N) is 1. The zero-order chi connectivity index (χ0) is 16.4. The number of methoxy groups -OCH3 is 1. The quantitative estimate of drug-likeness (QED) is 0.231. The highest BCUT2D eigenvalue weighted by molar-refractivity contribution is 14.0. The third-order valence-corrected chi connectivity index (χ3v) is 3.80. The molecule has 132 valence electrons. The van der Waals surface area contributed by atoms with Gasteiger partial charge in [0.2, 0.25) is 10.0 Å². The van der Waals surface area contributed by atoms with E-state index >= 15 is 0 Å². The van der Waals surface area contributed by atoms with Crippen molar-refractivity contribution in [2.75, 3.05) is 33.4 Å². The lowest BCUT2D eigenvalue weighted by Crippen LogP contribution is -2.38. The van der Waals surface area contributed by atoms with Crippen molar-refractivity contribution in [3.8, 4) is 0 Å². The largest absolute Gasteiger partial charge is 0.383 e. The van der Waals surface area contributed by atoms with Crippen molar-refractivity contribution >= 4 is 40.0 Å². The number of guanidine groups is 1. The van der Waals surface area contributed by atoms with E-state index in [4.69, 9.17) is 9.88 Å². The first-order chi connectivity index (χ1) is 10.5. The number of benzene rings is 1. The van der Waals surface area contributed by atoms with Gasteiger partial charge in [-0.3, -0.25) is 4.99 Å². The summed E-state index contributed by atoms with van der Waals surface area (Å²) in [5, 5.41) is 11.4. The molecule has 7 nitrogen and oxygen atoms in total. The molecule has 9 heteroatoms. The lowest BCUT2D eigenvalue weighted by atomic mass is 10.1. The van der Waals surface area contributed by atoms with Gasteiger partial charge in [0, 0.05) is 20.2 Å². The zero-order valence-corrected chi connectivity index (χ0v) is 16.6. The average Bonchev–Trinajstić information content (AvgIpc) is 2.47. The van der Waals surface area contributed by atoms with Gasteiger partial charge in [-0.05, 0) is 31.0 Å². The fourth-order valence-corrected chi connectivity index (χ4v) is 2.28. The summed E-state index contributed by atoms with van der Waals surface area (Å²) in [6, 6.07) is 6.55. The van der Waals surface area contributed by atoms with Gasteiger partial charge < -0.3 is 15.4 Å². The van der Waals surface area contributed by atoms with Crippen LogP contribution >= 0.6 is 24.0 Å². The first kappa shape index (κ1) is 22.1. The fourth-order valence-electron chi connectivity index (χ4n) is 1.76. The maximum Gasteiger partial charge on any atom is 0.238 e. The lowest BCUT2D eigenvalue weighted by molar-refractivity contribution is 0.208. The molecule has 0 aliphatic rings. The van der Waals surface area contributed by atoms with Crippen LogP contribution in [0.1, 0.15) is 12.5 Å². The van der Waals surface area contributed by atoms with Crippen molar-refractivity contribution in [3.63, 3.8) is 0 Å². The summed E-state index contributed by atoms with van der Waals surface area (Å²) < 4.78 is 27.3. The van der Waals surface area contributed by atoms with E-state index in [0.29, 0.717) is 19.7 Å². The molecule has 0 amide bonds. The van der Waals surface area contributed by atoms with Crippen LogP contribution in [0.25, 0.3) is 0 Å². The molecule has 0 heterocycles. The Bertz CT molecular complexity index is 576. The molecule has 0 spiro atoms. The molecule has 0 saturated carbocycles. The summed E-state index contributed by atoms with van der Waals surface area (Å²) in [6.45, 7) is 4.63. The van der Waals surface area contributed by atoms with Crippen LogP contribution in [0.15, 0.2) is 34.2 Å². The predicted octanol–water partition coefficient (Wildman–Crippen LogP) is 0.696. The molecular weight excluding hydrogens is 431 g/mol. The highest BCUT2D eigenvalue weighted by atomic mass is 127. The van der Waals surface area contributed by atoms with Crippen molar-refractivity contribution in [3.05, 3.63) is 29.8 Å². The Kier molecular flexibility index (Phi) is 11.1. The maximum atomic E-state index is 11.2. The van der Waals surface area contributed by atoms with Crippen LogP contribution < -0.4 is 15.8 Å². The minimum absolute atomic E-state index is 0. The van der Waals surface area contributed by atoms with Crippen molar-refractivity contribution in [2.24, 2.45) is 10.1 Å². The molecule has 0 atom stereocenters. The monoisotopic (exact) mass is 456 g/mol. The molecule has 0 unspecified atom stereocenters. The molecule has 0 radical (unpaired) electrons. The smallest absolute Gasteiger partial charge is 0.238 e. The number of nitrogens with one attached hydrogen (secondary N) is 2. The zero-order valence-electron chi connectivity index (χ0n) is 13.4. The Balaban J connectivity index is 0.00000484. The van der Waals surface area contributed by atoms with E-state index in [0.717, 1.165) is 24.5 Å². The van der Waals surface area contributed by atoms with Gasteiger partial charge in [-0.2, -0.15) is 0 Å². The summed E-state index contributed by atoms with van der Waals surface area (Å²) in [5.74, 6) is 0.737. The summed E-state index contributed by atoms with van der Waals surface area (Å²) in [7, 11) is -1.99. The Morgan fingerprint density at radius 1 is 1.26 bits per heavy atom. The minimum atomic E-state index is -3.63. The van der Waals surface area contributed by atoms with E-state index in [1.54, 1.807) is 19.2 Å². The highest BCUT2D eigenvalue weighted by Gasteiger charge is 2.06. The van der Waals surface area contributed by atoms with Crippen LogP contribution in [-0.4, -0.2) is 47.7 Å². The number of halogens is 1. The molecule has 23 heavy (non-hydrogen) atoms. The van der Waals surface area contributed by atoms with Crippen LogP contribution in [0.2, 0.25) is 0 Å². The molecule has 1 aromatic carbocycles. The van der Waals surface area contributed by atoms with Gasteiger partial charge in [0.25, 0.3) is 0 Å². The van der Waals surface area contributed by atoms with Gasteiger partial charge in [0.15, 0.2) is 5.96 Å². The van der Waals surface area contributed by atoms with Gasteiger partial charge in [-0.25, -0.2) is 13.6 Å². The first-order valence-corrected chi connectivity index (χ1v) is 8.65. The molecule has 0 aliphatic carbocycles. The van der Waals surface area contributed by atoms with E-state index in [9.17, 15) is 8.42 Å². The normalized spacial score (nSPS) is 11.7. The van der Waals surface area contributed by atoms with Gasteiger partial charge in [-0.1, -0.05) is 12.1 Å². The standard InChI is InChI=1S/C14H24N4O3S.HI/c1-3-16-14(18-10-11-21-2)17-9-8-12-4-6-13(7-5-12)22(15,19)20;/h4-7H,3,8-11H2,1-2H3,(H2,15,19,20)(H2,16,17,18);1H. The number of sulfonamides is 1. The molecular formula is C14H25IN4O3S. The highest BCUT2D eigenvalue weighted by Crippen LogP contribution is 2.08. The van der Waals surface area contributed by atoms with Crippen LogP contribution in [0, 0.1) is 0 Å². The topological polar surface area (TPSA) is 106 Å². The van der Waals surface area contributed by atoms with Crippen LogP contribution in [-0.2, 0) is 21.2 Å². The number of hydrogen-bond donors (Lipinski definition) is 3. The summed E-state index contributed by atoms with van der Waals surface area (Å²) in [6.07, 6.45) is 0.750. The molecule has 0 saturated heterocycles. The Morgan fingerprint density at radius 3 is 2.43 bits per heavy atom. The number of nitrogens with two attached hydrogens (primary N) is 1. The van der Waals surface area contributed by atoms with E-state index in [1.807, 2.05) is 6.92 Å². The third kappa shape index (κ3) is 9.08. The SMILES string of the molecule is CCNC(=NCCOC)NCCc1ccc(S(N)(=O)=O)cc1.I. The second kappa shape index (κ2) is 11.6. The molecule has 0 fully saturated rings. The number of hydrogen-bond acceptors (Lipinski definition) is 4. The molecule has 0 aromatic heterocycles. The summed E-state index contributed by atoms with van der Waals surface area (Å²) >= 11 is 0. The Morgan fingerprint density at radius 2 is 1.91 bits per heavy atom. The van der Waals surface area contributed by atoms with Crippen molar-refractivity contribution in [1.29, 1.82) is 0 Å². The van der Waals surface area contributed by atoms with Crippen LogP contribution in [0.5, 0.6) is 0 Å². The summed E-state index contributed by atoms with van der Waals surface area (Å²) in [4.78, 5) is 4.48. The number of primary sulfonamides is 1. The second-order valence-corrected chi connectivity index (χ2v) is 6.18. The van der Waals surface area contributed by atoms with E-state index in [2.05, 4.69) is 15.6 Å². The van der Waals surface area contributed by atoms with Gasteiger partial charge in [-0.15, -0.1) is 24.0 Å². The lowest BCUT2D eigenvalue weighted by Gasteiger charge is -2.11. The number of rotatable bonds is 8. The number of ether oxygens (including phenoxy) is 1. The maximum absolute atomic E-state index is 11.2. The van der Waals surface area contributed by atoms with E-state index < -0.39 is 10.0 Å². The molecule has 1 aromatic rings. The first-order valence-electron chi connectivity index (χ1n) is 7.10. The van der Waals surface area contributed by atoms with Gasteiger partial charge >= 0.3 is 0 Å². The fraction of sp³-hybridized carbons (Fsp3) is 0.500. The van der Waals surface area contributed by atoms with Crippen LogP contribution in [0.4, 0.5) is 0 Å². The minimum Gasteiger partial charge on any atom is -0.383 e. The third-order valence-electron chi connectivity index (χ3n) is 2.87. The van der Waals surface area contributed by atoms with E-state index in [1.165, 1.54) is 12.1 Å². The Hall–Kier alpha value is -0.910. The molecule has 4 N–H and O–H groups in total. The molecule has 1 rings (SSSR count). The van der Waals surface area contributed by atoms with Crippen molar-refractivity contribution in [2.45, 2.75) is 18.2 Å². The molecule has 0 bridgehead atoms. The van der Waals surface area contributed by atoms with Gasteiger partial charge in [0.1, 0.15) is 0 Å². The number of aliphatic imine (C=N–C) groups is 1. The summed E-state index contributed by atoms with van der Waals surface area (Å²) in [5.41, 5.74) is 1.02. The Labute approximate surface area is 155 Å². The van der Waals surface area contributed by atoms with Crippen molar-refractivity contribution in [1.82, 2.24) is 10.6 Å². The van der Waals surface area contributed by atoms with Crippen LogP contribution in [0.3, 0.4) is 0 Å². The van der Waals surface area contributed by atoms with Gasteiger partial charge in [0.05, 0.1) is 18.0 Å². The average molecular weight is 456 g/mol.